The summed E-state index contributed by atoms with van der Waals surface area (Å²) in [5.74, 6) is -0.111. The molecule has 0 radical (unpaired) electrons. The van der Waals surface area contributed by atoms with Crippen LogP contribution in [0.15, 0.2) is 30.9 Å². The third kappa shape index (κ3) is 3.16. The van der Waals surface area contributed by atoms with Gasteiger partial charge in [0.05, 0.1) is 6.42 Å². The fraction of sp³-hybridized carbons (Fsp3) is 0.333. The number of carboxylic acid groups (broad SMARTS) is 1. The van der Waals surface area contributed by atoms with Gasteiger partial charge in [0.1, 0.15) is 0 Å². The predicted octanol–water partition coefficient (Wildman–Crippen LogP) is 1.77. The maximum atomic E-state index is 10.8. The first-order valence-corrected chi connectivity index (χ1v) is 6.95. The summed E-state index contributed by atoms with van der Waals surface area (Å²) in [5.41, 5.74) is 2.35. The second-order valence-electron chi connectivity index (χ2n) is 5.12. The summed E-state index contributed by atoms with van der Waals surface area (Å²) in [7, 11) is 0. The highest BCUT2D eigenvalue weighted by atomic mass is 16.4. The average Bonchev–Trinajstić information content (AvgIpc) is 3.01. The lowest BCUT2D eigenvalue weighted by Gasteiger charge is -2.14. The van der Waals surface area contributed by atoms with Crippen LogP contribution < -0.4 is 4.90 Å². The van der Waals surface area contributed by atoms with Gasteiger partial charge in [0.2, 0.25) is 5.95 Å². The van der Waals surface area contributed by atoms with Gasteiger partial charge < -0.3 is 10.0 Å². The first-order valence-electron chi connectivity index (χ1n) is 6.95. The van der Waals surface area contributed by atoms with Crippen LogP contribution in [0, 0.1) is 0 Å². The quantitative estimate of drug-likeness (QED) is 0.921. The van der Waals surface area contributed by atoms with Gasteiger partial charge in [0, 0.05) is 49.0 Å². The maximum absolute atomic E-state index is 10.8. The van der Waals surface area contributed by atoms with Crippen molar-refractivity contribution in [2.24, 2.45) is 0 Å². The fourth-order valence-electron chi connectivity index (χ4n) is 2.47. The number of pyridine rings is 1. The second kappa shape index (κ2) is 5.87. The topological polar surface area (TPSA) is 79.2 Å². The second-order valence-corrected chi connectivity index (χ2v) is 5.12. The van der Waals surface area contributed by atoms with E-state index in [-0.39, 0.29) is 6.42 Å². The van der Waals surface area contributed by atoms with Crippen LogP contribution in [0.1, 0.15) is 18.4 Å². The SMILES string of the molecule is O=C(O)Cc1cncc(-c2cnc(N3CCCC3)nc2)c1. The molecule has 1 N–H and O–H groups in total. The van der Waals surface area contributed by atoms with Crippen molar-refractivity contribution in [1.29, 1.82) is 0 Å². The van der Waals surface area contributed by atoms with Crippen LogP contribution in [0.2, 0.25) is 0 Å². The Bertz CT molecular complexity index is 636. The lowest BCUT2D eigenvalue weighted by Crippen LogP contribution is -2.20. The first kappa shape index (κ1) is 13.5. The number of nitrogens with zero attached hydrogens (tertiary/aromatic N) is 4. The molecular weight excluding hydrogens is 268 g/mol. The molecule has 0 aromatic carbocycles. The molecule has 108 valence electrons. The fourth-order valence-corrected chi connectivity index (χ4v) is 2.47. The number of carboxylic acids is 1. The summed E-state index contributed by atoms with van der Waals surface area (Å²) < 4.78 is 0. The van der Waals surface area contributed by atoms with Crippen molar-refractivity contribution in [2.75, 3.05) is 18.0 Å². The average molecular weight is 284 g/mol. The molecule has 2 aromatic rings. The zero-order valence-electron chi connectivity index (χ0n) is 11.6. The predicted molar refractivity (Wildman–Crippen MR) is 78.0 cm³/mol. The van der Waals surface area contributed by atoms with Crippen molar-refractivity contribution < 1.29 is 9.90 Å². The maximum Gasteiger partial charge on any atom is 0.307 e. The van der Waals surface area contributed by atoms with Crippen molar-refractivity contribution in [3.05, 3.63) is 36.4 Å². The first-order chi connectivity index (χ1) is 10.2. The molecule has 1 saturated heterocycles. The molecule has 6 heteroatoms. The van der Waals surface area contributed by atoms with Crippen LogP contribution in [0.5, 0.6) is 0 Å². The number of hydrogen-bond donors (Lipinski definition) is 1. The minimum absolute atomic E-state index is 0.0342. The normalized spacial score (nSPS) is 14.4. The Balaban J connectivity index is 1.81. The van der Waals surface area contributed by atoms with E-state index in [0.717, 1.165) is 30.2 Å². The number of aromatic nitrogens is 3. The Hall–Kier alpha value is -2.50. The van der Waals surface area contributed by atoms with E-state index in [2.05, 4.69) is 19.9 Å². The summed E-state index contributed by atoms with van der Waals surface area (Å²) >= 11 is 0. The molecule has 0 spiro atoms. The summed E-state index contributed by atoms with van der Waals surface area (Å²) in [6, 6.07) is 1.81. The van der Waals surface area contributed by atoms with Crippen LogP contribution in [0.4, 0.5) is 5.95 Å². The van der Waals surface area contributed by atoms with Crippen LogP contribution in [0.25, 0.3) is 11.1 Å². The van der Waals surface area contributed by atoms with Gasteiger partial charge in [-0.05, 0) is 24.5 Å². The van der Waals surface area contributed by atoms with Crippen molar-refractivity contribution in [3.63, 3.8) is 0 Å². The molecule has 3 heterocycles. The lowest BCUT2D eigenvalue weighted by molar-refractivity contribution is -0.136. The Morgan fingerprint density at radius 2 is 1.81 bits per heavy atom. The van der Waals surface area contributed by atoms with E-state index in [9.17, 15) is 4.79 Å². The van der Waals surface area contributed by atoms with Crippen LogP contribution in [0.3, 0.4) is 0 Å². The Morgan fingerprint density at radius 1 is 1.10 bits per heavy atom. The van der Waals surface area contributed by atoms with Gasteiger partial charge in [-0.15, -0.1) is 0 Å². The highest BCUT2D eigenvalue weighted by Gasteiger charge is 2.14. The molecule has 3 rings (SSSR count). The minimum atomic E-state index is -0.866. The van der Waals surface area contributed by atoms with Crippen LogP contribution >= 0.6 is 0 Å². The smallest absolute Gasteiger partial charge is 0.307 e. The molecule has 0 amide bonds. The molecule has 0 aliphatic carbocycles. The zero-order valence-corrected chi connectivity index (χ0v) is 11.6. The van der Waals surface area contributed by atoms with E-state index in [1.807, 2.05) is 6.07 Å². The van der Waals surface area contributed by atoms with E-state index in [1.54, 1.807) is 24.8 Å². The van der Waals surface area contributed by atoms with Gasteiger partial charge in [-0.2, -0.15) is 0 Å². The molecule has 0 unspecified atom stereocenters. The Labute approximate surface area is 122 Å². The Morgan fingerprint density at radius 3 is 2.48 bits per heavy atom. The summed E-state index contributed by atoms with van der Waals surface area (Å²) in [4.78, 5) is 25.8. The minimum Gasteiger partial charge on any atom is -0.481 e. The monoisotopic (exact) mass is 284 g/mol. The van der Waals surface area contributed by atoms with Crippen LogP contribution in [-0.2, 0) is 11.2 Å². The van der Waals surface area contributed by atoms with Gasteiger partial charge in [0.25, 0.3) is 0 Å². The van der Waals surface area contributed by atoms with E-state index >= 15 is 0 Å². The molecule has 1 aliphatic heterocycles. The van der Waals surface area contributed by atoms with E-state index < -0.39 is 5.97 Å². The highest BCUT2D eigenvalue weighted by molar-refractivity contribution is 5.71. The molecule has 1 aliphatic rings. The number of hydrogen-bond acceptors (Lipinski definition) is 5. The summed E-state index contributed by atoms with van der Waals surface area (Å²) in [6.45, 7) is 2.02. The Kier molecular flexibility index (Phi) is 3.77. The number of rotatable bonds is 4. The van der Waals surface area contributed by atoms with E-state index in [1.165, 1.54) is 12.8 Å². The summed E-state index contributed by atoms with van der Waals surface area (Å²) in [5, 5.41) is 8.83. The summed E-state index contributed by atoms with van der Waals surface area (Å²) in [6.07, 6.45) is 9.13. The van der Waals surface area contributed by atoms with Crippen molar-refractivity contribution in [1.82, 2.24) is 15.0 Å². The largest absolute Gasteiger partial charge is 0.481 e. The van der Waals surface area contributed by atoms with Crippen molar-refractivity contribution >= 4 is 11.9 Å². The lowest BCUT2D eigenvalue weighted by atomic mass is 10.1. The molecule has 6 nitrogen and oxygen atoms in total. The zero-order chi connectivity index (χ0) is 14.7. The van der Waals surface area contributed by atoms with Crippen molar-refractivity contribution in [2.45, 2.75) is 19.3 Å². The molecule has 1 fully saturated rings. The van der Waals surface area contributed by atoms with Gasteiger partial charge in [-0.3, -0.25) is 9.78 Å². The number of carbonyl (C=O) groups is 1. The van der Waals surface area contributed by atoms with E-state index in [4.69, 9.17) is 5.11 Å². The molecule has 0 bridgehead atoms. The molecule has 0 atom stereocenters. The third-order valence-corrected chi connectivity index (χ3v) is 3.51. The molecular formula is C15H16N4O2. The van der Waals surface area contributed by atoms with Gasteiger partial charge >= 0.3 is 5.97 Å². The van der Waals surface area contributed by atoms with Crippen LogP contribution in [-0.4, -0.2) is 39.1 Å². The van der Waals surface area contributed by atoms with Gasteiger partial charge in [-0.25, -0.2) is 9.97 Å². The molecule has 21 heavy (non-hydrogen) atoms. The van der Waals surface area contributed by atoms with Gasteiger partial charge in [-0.1, -0.05) is 0 Å². The molecule has 2 aromatic heterocycles. The van der Waals surface area contributed by atoms with E-state index in [0.29, 0.717) is 5.56 Å². The third-order valence-electron chi connectivity index (χ3n) is 3.51. The van der Waals surface area contributed by atoms with Crippen molar-refractivity contribution in [3.8, 4) is 11.1 Å². The number of aliphatic carboxylic acids is 1. The highest BCUT2D eigenvalue weighted by Crippen LogP contribution is 2.21. The van der Waals surface area contributed by atoms with Gasteiger partial charge in [0.15, 0.2) is 0 Å². The number of anilines is 1. The standard InChI is InChI=1S/C15H16N4O2/c20-14(21)6-11-5-12(8-16-7-11)13-9-17-15(18-10-13)19-3-1-2-4-19/h5,7-10H,1-4,6H2,(H,20,21). The molecule has 0 saturated carbocycles.